The SMILES string of the molecule is Cc1nc(-c2ccccc2)c(N)c(N2CCSCC2)n1. The highest BCUT2D eigenvalue weighted by Gasteiger charge is 2.19. The van der Waals surface area contributed by atoms with E-state index in [2.05, 4.69) is 14.9 Å². The van der Waals surface area contributed by atoms with Crippen LogP contribution in [0.15, 0.2) is 30.3 Å². The molecule has 0 unspecified atom stereocenters. The lowest BCUT2D eigenvalue weighted by Crippen LogP contribution is -2.34. The highest BCUT2D eigenvalue weighted by molar-refractivity contribution is 7.99. The molecule has 2 heterocycles. The Morgan fingerprint density at radius 1 is 1.10 bits per heavy atom. The lowest BCUT2D eigenvalue weighted by Gasteiger charge is -2.29. The summed E-state index contributed by atoms with van der Waals surface area (Å²) in [6.45, 7) is 3.92. The number of rotatable bonds is 2. The first kappa shape index (κ1) is 13.2. The molecule has 0 spiro atoms. The third-order valence-electron chi connectivity index (χ3n) is 3.40. The normalized spacial score (nSPS) is 15.3. The van der Waals surface area contributed by atoms with Crippen molar-refractivity contribution in [1.29, 1.82) is 0 Å². The van der Waals surface area contributed by atoms with Crippen LogP contribution in [-0.2, 0) is 0 Å². The van der Waals surface area contributed by atoms with E-state index in [1.165, 1.54) is 0 Å². The van der Waals surface area contributed by atoms with E-state index in [4.69, 9.17) is 5.73 Å². The third kappa shape index (κ3) is 2.58. The molecule has 2 aromatic rings. The van der Waals surface area contributed by atoms with Crippen molar-refractivity contribution in [3.63, 3.8) is 0 Å². The van der Waals surface area contributed by atoms with E-state index < -0.39 is 0 Å². The molecule has 0 atom stereocenters. The Morgan fingerprint density at radius 2 is 1.80 bits per heavy atom. The second-order valence-corrected chi connectivity index (χ2v) is 6.05. The highest BCUT2D eigenvalue weighted by Crippen LogP contribution is 2.32. The van der Waals surface area contributed by atoms with Gasteiger partial charge in [-0.15, -0.1) is 0 Å². The van der Waals surface area contributed by atoms with Crippen molar-refractivity contribution in [2.45, 2.75) is 6.92 Å². The first-order chi connectivity index (χ1) is 9.75. The van der Waals surface area contributed by atoms with Crippen molar-refractivity contribution in [1.82, 2.24) is 9.97 Å². The molecule has 5 heteroatoms. The summed E-state index contributed by atoms with van der Waals surface area (Å²) in [5.74, 6) is 3.91. The van der Waals surface area contributed by atoms with Gasteiger partial charge < -0.3 is 10.6 Å². The van der Waals surface area contributed by atoms with E-state index in [-0.39, 0.29) is 0 Å². The Bertz CT molecular complexity index is 594. The van der Waals surface area contributed by atoms with Crippen LogP contribution in [0.4, 0.5) is 11.5 Å². The minimum atomic E-state index is 0.689. The zero-order chi connectivity index (χ0) is 13.9. The summed E-state index contributed by atoms with van der Waals surface area (Å²) in [4.78, 5) is 11.4. The van der Waals surface area contributed by atoms with Gasteiger partial charge in [-0.3, -0.25) is 0 Å². The largest absolute Gasteiger partial charge is 0.394 e. The van der Waals surface area contributed by atoms with Gasteiger partial charge in [-0.25, -0.2) is 9.97 Å². The van der Waals surface area contributed by atoms with Gasteiger partial charge in [0.1, 0.15) is 11.5 Å². The van der Waals surface area contributed by atoms with Crippen LogP contribution in [0.2, 0.25) is 0 Å². The molecule has 0 amide bonds. The number of nitrogen functional groups attached to an aromatic ring is 1. The number of aromatic nitrogens is 2. The van der Waals surface area contributed by atoms with E-state index in [1.54, 1.807) is 0 Å². The van der Waals surface area contributed by atoms with Crippen molar-refractivity contribution in [2.24, 2.45) is 0 Å². The van der Waals surface area contributed by atoms with Crippen LogP contribution < -0.4 is 10.6 Å². The standard InChI is InChI=1S/C15H18N4S/c1-11-17-14(12-5-3-2-4-6-12)13(16)15(18-11)19-7-9-20-10-8-19/h2-6H,7-10,16H2,1H3. The number of hydrogen-bond donors (Lipinski definition) is 1. The summed E-state index contributed by atoms with van der Waals surface area (Å²) < 4.78 is 0. The predicted octanol–water partition coefficient (Wildman–Crippen LogP) is 2.59. The second-order valence-electron chi connectivity index (χ2n) is 4.82. The monoisotopic (exact) mass is 286 g/mol. The molecular weight excluding hydrogens is 268 g/mol. The molecule has 2 N–H and O–H groups in total. The summed E-state index contributed by atoms with van der Waals surface area (Å²) in [6, 6.07) is 10.1. The van der Waals surface area contributed by atoms with E-state index in [1.807, 2.05) is 49.0 Å². The maximum absolute atomic E-state index is 6.34. The molecule has 3 rings (SSSR count). The molecule has 104 valence electrons. The molecule has 0 saturated carbocycles. The molecule has 20 heavy (non-hydrogen) atoms. The van der Waals surface area contributed by atoms with Crippen molar-refractivity contribution < 1.29 is 0 Å². The molecule has 4 nitrogen and oxygen atoms in total. The summed E-state index contributed by atoms with van der Waals surface area (Å²) >= 11 is 1.98. The number of anilines is 2. The van der Waals surface area contributed by atoms with E-state index >= 15 is 0 Å². The van der Waals surface area contributed by atoms with Gasteiger partial charge in [0.05, 0.1) is 5.69 Å². The summed E-state index contributed by atoms with van der Waals surface area (Å²) in [5.41, 5.74) is 8.91. The van der Waals surface area contributed by atoms with Gasteiger partial charge in [0, 0.05) is 30.2 Å². The van der Waals surface area contributed by atoms with Crippen molar-refractivity contribution in [3.05, 3.63) is 36.2 Å². The van der Waals surface area contributed by atoms with Gasteiger partial charge >= 0.3 is 0 Å². The van der Waals surface area contributed by atoms with Crippen LogP contribution in [0.25, 0.3) is 11.3 Å². The second kappa shape index (κ2) is 5.71. The van der Waals surface area contributed by atoms with Gasteiger partial charge in [-0.1, -0.05) is 30.3 Å². The summed E-state index contributed by atoms with van der Waals surface area (Å²) in [6.07, 6.45) is 0. The van der Waals surface area contributed by atoms with Gasteiger partial charge in [0.15, 0.2) is 5.82 Å². The van der Waals surface area contributed by atoms with E-state index in [9.17, 15) is 0 Å². The van der Waals surface area contributed by atoms with E-state index in [0.717, 1.165) is 47.5 Å². The Morgan fingerprint density at radius 3 is 2.50 bits per heavy atom. The molecule has 0 radical (unpaired) electrons. The predicted molar refractivity (Wildman–Crippen MR) is 86.2 cm³/mol. The fraction of sp³-hybridized carbons (Fsp3) is 0.333. The number of nitrogens with two attached hydrogens (primary N) is 1. The fourth-order valence-electron chi connectivity index (χ4n) is 2.40. The molecule has 1 saturated heterocycles. The first-order valence-electron chi connectivity index (χ1n) is 6.78. The average Bonchev–Trinajstić information content (AvgIpc) is 2.51. The number of aryl methyl sites for hydroxylation is 1. The van der Waals surface area contributed by atoms with Crippen LogP contribution in [0.5, 0.6) is 0 Å². The molecule has 0 aliphatic carbocycles. The Kier molecular flexibility index (Phi) is 3.78. The highest BCUT2D eigenvalue weighted by atomic mass is 32.2. The zero-order valence-corrected chi connectivity index (χ0v) is 12.4. The molecule has 1 fully saturated rings. The number of thioether (sulfide) groups is 1. The molecule has 1 aliphatic rings. The molecular formula is C15H18N4S. The molecule has 1 aliphatic heterocycles. The van der Waals surface area contributed by atoms with Gasteiger partial charge in [0.2, 0.25) is 0 Å². The Labute approximate surface area is 123 Å². The fourth-order valence-corrected chi connectivity index (χ4v) is 3.30. The Balaban J connectivity index is 2.06. The van der Waals surface area contributed by atoms with Crippen LogP contribution in [0, 0.1) is 6.92 Å². The maximum Gasteiger partial charge on any atom is 0.156 e. The minimum absolute atomic E-state index is 0.689. The molecule has 0 bridgehead atoms. The number of benzene rings is 1. The van der Waals surface area contributed by atoms with Crippen molar-refractivity contribution in [3.8, 4) is 11.3 Å². The molecule has 1 aromatic heterocycles. The van der Waals surface area contributed by atoms with Gasteiger partial charge in [-0.2, -0.15) is 11.8 Å². The first-order valence-corrected chi connectivity index (χ1v) is 7.93. The smallest absolute Gasteiger partial charge is 0.156 e. The number of nitrogens with zero attached hydrogens (tertiary/aromatic N) is 3. The topological polar surface area (TPSA) is 55.0 Å². The lowest BCUT2D eigenvalue weighted by molar-refractivity contribution is 0.831. The van der Waals surface area contributed by atoms with E-state index in [0.29, 0.717) is 5.69 Å². The van der Waals surface area contributed by atoms with Gasteiger partial charge in [0.25, 0.3) is 0 Å². The van der Waals surface area contributed by atoms with Gasteiger partial charge in [-0.05, 0) is 6.92 Å². The van der Waals surface area contributed by atoms with Crippen molar-refractivity contribution >= 4 is 23.3 Å². The van der Waals surface area contributed by atoms with Crippen LogP contribution in [-0.4, -0.2) is 34.6 Å². The maximum atomic E-state index is 6.34. The summed E-state index contributed by atoms with van der Waals surface area (Å²) in [5, 5.41) is 0. The Hall–Kier alpha value is -1.75. The quantitative estimate of drug-likeness (QED) is 0.919. The lowest BCUT2D eigenvalue weighted by atomic mass is 10.1. The molecule has 1 aromatic carbocycles. The van der Waals surface area contributed by atoms with Crippen LogP contribution in [0.3, 0.4) is 0 Å². The van der Waals surface area contributed by atoms with Crippen LogP contribution >= 0.6 is 11.8 Å². The van der Waals surface area contributed by atoms with Crippen molar-refractivity contribution in [2.75, 3.05) is 35.2 Å². The summed E-state index contributed by atoms with van der Waals surface area (Å²) in [7, 11) is 0. The third-order valence-corrected chi connectivity index (χ3v) is 4.34. The minimum Gasteiger partial charge on any atom is -0.394 e. The van der Waals surface area contributed by atoms with Crippen LogP contribution in [0.1, 0.15) is 5.82 Å². The zero-order valence-electron chi connectivity index (χ0n) is 11.5. The average molecular weight is 286 g/mol. The number of hydrogen-bond acceptors (Lipinski definition) is 5.